The monoisotopic (exact) mass is 388 g/mol. The van der Waals surface area contributed by atoms with E-state index in [1.54, 1.807) is 0 Å². The van der Waals surface area contributed by atoms with E-state index >= 15 is 0 Å². The van der Waals surface area contributed by atoms with Gasteiger partial charge in [0.25, 0.3) is 0 Å². The Labute approximate surface area is 134 Å². The minimum Gasteiger partial charge on any atom is -0.241 e. The van der Waals surface area contributed by atoms with Gasteiger partial charge in [-0.1, -0.05) is 30.3 Å². The number of hydrogen-bond donors (Lipinski definition) is 0. The molecule has 20 heavy (non-hydrogen) atoms. The van der Waals surface area contributed by atoms with Crippen LogP contribution in [0.25, 0.3) is 22.5 Å². The van der Waals surface area contributed by atoms with Crippen LogP contribution in [0, 0.1) is 0 Å². The maximum atomic E-state index is 4.48. The molecule has 0 unspecified atom stereocenters. The Morgan fingerprint density at radius 1 is 0.600 bits per heavy atom. The predicted molar refractivity (Wildman–Crippen MR) is 88.3 cm³/mol. The molecule has 0 N–H and O–H groups in total. The van der Waals surface area contributed by atoms with E-state index in [2.05, 4.69) is 60.0 Å². The molecule has 0 atom stereocenters. The Kier molecular flexibility index (Phi) is 3.94. The lowest BCUT2D eigenvalue weighted by Crippen LogP contribution is -1.87. The van der Waals surface area contributed by atoms with Crippen LogP contribution in [0.4, 0.5) is 0 Å². The quantitative estimate of drug-likeness (QED) is 0.553. The first-order valence-corrected chi connectivity index (χ1v) is 7.67. The van der Waals surface area contributed by atoms with Crippen molar-refractivity contribution >= 4 is 31.9 Å². The predicted octanol–water partition coefficient (Wildman–Crippen LogP) is 5.34. The molecule has 0 aliphatic heterocycles. The zero-order valence-corrected chi connectivity index (χ0v) is 13.6. The van der Waals surface area contributed by atoms with Gasteiger partial charge in [-0.05, 0) is 62.2 Å². The maximum Gasteiger partial charge on any atom is 0.106 e. The molecule has 3 aromatic rings. The minimum absolute atomic E-state index is 0.834. The summed E-state index contributed by atoms with van der Waals surface area (Å²) in [7, 11) is 0. The second-order valence-corrected chi connectivity index (χ2v) is 5.90. The molecule has 0 aliphatic rings. The molecule has 0 fully saturated rings. The van der Waals surface area contributed by atoms with Crippen LogP contribution in [-0.4, -0.2) is 9.97 Å². The highest BCUT2D eigenvalue weighted by Gasteiger charge is 2.04. The first kappa shape index (κ1) is 13.5. The lowest BCUT2D eigenvalue weighted by molar-refractivity contribution is 1.26. The van der Waals surface area contributed by atoms with Crippen LogP contribution in [0.2, 0.25) is 0 Å². The normalized spacial score (nSPS) is 10.5. The summed E-state index contributed by atoms with van der Waals surface area (Å²) in [4.78, 5) is 8.97. The Morgan fingerprint density at radius 2 is 1.05 bits per heavy atom. The highest BCUT2D eigenvalue weighted by molar-refractivity contribution is 9.10. The molecule has 2 nitrogen and oxygen atoms in total. The van der Waals surface area contributed by atoms with Crippen molar-refractivity contribution in [2.45, 2.75) is 0 Å². The van der Waals surface area contributed by atoms with Gasteiger partial charge in [-0.3, -0.25) is 0 Å². The fourth-order valence-electron chi connectivity index (χ4n) is 1.98. The van der Waals surface area contributed by atoms with Gasteiger partial charge in [0, 0.05) is 11.1 Å². The summed E-state index contributed by atoms with van der Waals surface area (Å²) in [6.45, 7) is 0. The highest BCUT2D eigenvalue weighted by atomic mass is 79.9. The second kappa shape index (κ2) is 5.85. The molecule has 0 bridgehead atoms. The van der Waals surface area contributed by atoms with E-state index in [4.69, 9.17) is 0 Å². The SMILES string of the molecule is Brc1cccc(-c2cccc(-c3cccc(Br)n3)c2)n1. The molecule has 0 radical (unpaired) electrons. The minimum atomic E-state index is 0.834. The number of pyridine rings is 2. The van der Waals surface area contributed by atoms with E-state index in [-0.39, 0.29) is 0 Å². The van der Waals surface area contributed by atoms with E-state index in [1.165, 1.54) is 0 Å². The third-order valence-electron chi connectivity index (χ3n) is 2.88. The van der Waals surface area contributed by atoms with Gasteiger partial charge in [-0.15, -0.1) is 0 Å². The summed E-state index contributed by atoms with van der Waals surface area (Å²) in [5.41, 5.74) is 4.03. The average molecular weight is 390 g/mol. The molecule has 98 valence electrons. The van der Waals surface area contributed by atoms with Gasteiger partial charge in [0.2, 0.25) is 0 Å². The molecule has 0 spiro atoms. The summed E-state index contributed by atoms with van der Waals surface area (Å²) < 4.78 is 1.67. The molecule has 1 aromatic carbocycles. The van der Waals surface area contributed by atoms with Crippen molar-refractivity contribution < 1.29 is 0 Å². The fraction of sp³-hybridized carbons (Fsp3) is 0. The molecule has 0 amide bonds. The Bertz CT molecular complexity index is 696. The van der Waals surface area contributed by atoms with Crippen LogP contribution in [0.1, 0.15) is 0 Å². The Balaban J connectivity index is 2.06. The largest absolute Gasteiger partial charge is 0.241 e. The van der Waals surface area contributed by atoms with Crippen LogP contribution in [0.15, 0.2) is 69.9 Å². The molecule has 2 heterocycles. The number of benzene rings is 1. The van der Waals surface area contributed by atoms with Crippen molar-refractivity contribution in [1.29, 1.82) is 0 Å². The topological polar surface area (TPSA) is 25.8 Å². The summed E-state index contributed by atoms with van der Waals surface area (Å²) in [5.74, 6) is 0. The molecular weight excluding hydrogens is 380 g/mol. The lowest BCUT2D eigenvalue weighted by Gasteiger charge is -2.05. The van der Waals surface area contributed by atoms with E-state index in [1.807, 2.05) is 42.5 Å². The van der Waals surface area contributed by atoms with E-state index in [9.17, 15) is 0 Å². The van der Waals surface area contributed by atoms with Gasteiger partial charge in [-0.25, -0.2) is 9.97 Å². The van der Waals surface area contributed by atoms with Gasteiger partial charge in [0.1, 0.15) is 9.21 Å². The lowest BCUT2D eigenvalue weighted by atomic mass is 10.1. The summed E-state index contributed by atoms with van der Waals surface area (Å²) >= 11 is 6.81. The molecule has 0 aliphatic carbocycles. The van der Waals surface area contributed by atoms with Gasteiger partial charge >= 0.3 is 0 Å². The van der Waals surface area contributed by atoms with Crippen molar-refractivity contribution in [2.24, 2.45) is 0 Å². The van der Waals surface area contributed by atoms with E-state index in [0.29, 0.717) is 0 Å². The first-order chi connectivity index (χ1) is 9.72. The number of halogens is 2. The maximum absolute atomic E-state index is 4.48. The number of nitrogens with zero attached hydrogens (tertiary/aromatic N) is 2. The summed E-state index contributed by atoms with van der Waals surface area (Å²) in [6.07, 6.45) is 0. The van der Waals surface area contributed by atoms with Crippen LogP contribution >= 0.6 is 31.9 Å². The first-order valence-electron chi connectivity index (χ1n) is 6.08. The zero-order valence-electron chi connectivity index (χ0n) is 10.4. The zero-order chi connectivity index (χ0) is 13.9. The molecule has 4 heteroatoms. The van der Waals surface area contributed by atoms with Gasteiger partial charge in [0.15, 0.2) is 0 Å². The molecule has 0 saturated carbocycles. The number of rotatable bonds is 2. The van der Waals surface area contributed by atoms with Crippen molar-refractivity contribution in [2.75, 3.05) is 0 Å². The third-order valence-corrected chi connectivity index (χ3v) is 3.77. The average Bonchev–Trinajstić information content (AvgIpc) is 2.47. The molecule has 0 saturated heterocycles. The van der Waals surface area contributed by atoms with Gasteiger partial charge in [-0.2, -0.15) is 0 Å². The fourth-order valence-corrected chi connectivity index (χ4v) is 2.66. The van der Waals surface area contributed by atoms with Gasteiger partial charge < -0.3 is 0 Å². The summed E-state index contributed by atoms with van der Waals surface area (Å²) in [5, 5.41) is 0. The van der Waals surface area contributed by atoms with Crippen LogP contribution < -0.4 is 0 Å². The molecule has 3 rings (SSSR count). The van der Waals surface area contributed by atoms with Crippen molar-refractivity contribution in [1.82, 2.24) is 9.97 Å². The number of aromatic nitrogens is 2. The van der Waals surface area contributed by atoms with Crippen LogP contribution in [0.5, 0.6) is 0 Å². The van der Waals surface area contributed by atoms with Crippen molar-refractivity contribution in [3.05, 3.63) is 69.9 Å². The smallest absolute Gasteiger partial charge is 0.106 e. The van der Waals surface area contributed by atoms with Crippen molar-refractivity contribution in [3.8, 4) is 22.5 Å². The van der Waals surface area contributed by atoms with Gasteiger partial charge in [0.05, 0.1) is 11.4 Å². The van der Waals surface area contributed by atoms with Crippen molar-refractivity contribution in [3.63, 3.8) is 0 Å². The molecule has 2 aromatic heterocycles. The number of hydrogen-bond acceptors (Lipinski definition) is 2. The van der Waals surface area contributed by atoms with E-state index < -0.39 is 0 Å². The van der Waals surface area contributed by atoms with Crippen LogP contribution in [-0.2, 0) is 0 Å². The Hall–Kier alpha value is -1.52. The Morgan fingerprint density at radius 3 is 1.50 bits per heavy atom. The summed E-state index contributed by atoms with van der Waals surface area (Å²) in [6, 6.07) is 20.0. The standard InChI is InChI=1S/C16H10Br2N2/c17-15-8-2-6-13(19-15)11-4-1-5-12(10-11)14-7-3-9-16(18)20-14/h1-10H. The second-order valence-electron chi connectivity index (χ2n) is 4.27. The highest BCUT2D eigenvalue weighted by Crippen LogP contribution is 2.25. The van der Waals surface area contributed by atoms with Crippen LogP contribution in [0.3, 0.4) is 0 Å². The third kappa shape index (κ3) is 2.97. The van der Waals surface area contributed by atoms with E-state index in [0.717, 1.165) is 31.7 Å². The molecular formula is C16H10Br2N2.